The molecule has 3 rings (SSSR count). The molecule has 0 aliphatic heterocycles. The predicted molar refractivity (Wildman–Crippen MR) is 104 cm³/mol. The minimum Gasteiger partial charge on any atom is -0.360 e. The van der Waals surface area contributed by atoms with Gasteiger partial charge >= 0.3 is 0 Å². The van der Waals surface area contributed by atoms with E-state index in [0.29, 0.717) is 17.5 Å². The molecule has 3 aromatic rings. The van der Waals surface area contributed by atoms with Crippen molar-refractivity contribution in [3.05, 3.63) is 36.1 Å². The van der Waals surface area contributed by atoms with Crippen molar-refractivity contribution in [3.8, 4) is 0 Å². The fourth-order valence-electron chi connectivity index (χ4n) is 2.61. The zero-order valence-corrected chi connectivity index (χ0v) is 16.3. The first-order valence-corrected chi connectivity index (χ1v) is 9.68. The number of anilines is 1. The molecular weight excluding hydrogens is 348 g/mol. The highest BCUT2D eigenvalue weighted by Crippen LogP contribution is 2.28. The molecule has 0 fully saturated rings. The number of nitrogens with one attached hydrogen (secondary N) is 1. The number of nitrogens with zero attached hydrogens (tertiary/aromatic N) is 3. The summed E-state index contributed by atoms with van der Waals surface area (Å²) in [6, 6.07) is 9.80. The van der Waals surface area contributed by atoms with Crippen LogP contribution in [0.3, 0.4) is 0 Å². The minimum atomic E-state index is -0.304. The third kappa shape index (κ3) is 4.27. The number of imidazole rings is 1. The lowest BCUT2D eigenvalue weighted by atomic mass is 10.1. The van der Waals surface area contributed by atoms with E-state index in [1.54, 1.807) is 13.0 Å². The first-order chi connectivity index (χ1) is 12.4. The summed E-state index contributed by atoms with van der Waals surface area (Å²) < 4.78 is 7.20. The van der Waals surface area contributed by atoms with Crippen LogP contribution in [0, 0.1) is 12.8 Å². The average Bonchev–Trinajstić information content (AvgIpc) is 3.15. The van der Waals surface area contributed by atoms with E-state index in [1.165, 1.54) is 11.8 Å². The molecule has 1 atom stereocenters. The first kappa shape index (κ1) is 18.5. The van der Waals surface area contributed by atoms with Crippen molar-refractivity contribution < 1.29 is 9.32 Å². The van der Waals surface area contributed by atoms with E-state index >= 15 is 0 Å². The molecule has 7 heteroatoms. The van der Waals surface area contributed by atoms with Crippen LogP contribution < -0.4 is 5.32 Å². The number of carbonyl (C=O) groups excluding carboxylic acids is 1. The summed E-state index contributed by atoms with van der Waals surface area (Å²) in [5.74, 6) is 1.58. The van der Waals surface area contributed by atoms with Crippen molar-refractivity contribution in [1.29, 1.82) is 0 Å². The van der Waals surface area contributed by atoms with E-state index in [2.05, 4.69) is 35.0 Å². The lowest BCUT2D eigenvalue weighted by Crippen LogP contribution is -2.23. The van der Waals surface area contributed by atoms with Gasteiger partial charge in [-0.15, -0.1) is 0 Å². The normalized spacial score (nSPS) is 12.7. The van der Waals surface area contributed by atoms with Gasteiger partial charge in [0.2, 0.25) is 5.91 Å². The molecule has 0 aliphatic rings. The molecule has 0 unspecified atom stereocenters. The summed E-state index contributed by atoms with van der Waals surface area (Å²) in [7, 11) is 0. The van der Waals surface area contributed by atoms with Gasteiger partial charge in [-0.1, -0.05) is 42.9 Å². The Kier molecular flexibility index (Phi) is 5.66. The van der Waals surface area contributed by atoms with Crippen molar-refractivity contribution >= 4 is 34.5 Å². The van der Waals surface area contributed by atoms with Gasteiger partial charge in [-0.2, -0.15) is 0 Å². The molecule has 26 heavy (non-hydrogen) atoms. The van der Waals surface area contributed by atoms with Crippen LogP contribution in [0.1, 0.15) is 33.0 Å². The van der Waals surface area contributed by atoms with Gasteiger partial charge in [0, 0.05) is 12.6 Å². The maximum absolute atomic E-state index is 12.5. The third-order valence-corrected chi connectivity index (χ3v) is 5.17. The SMILES string of the molecule is Cc1cc(NC(=O)[C@H](C)Sc2nc3ccccc3n2CCC(C)C)no1. The van der Waals surface area contributed by atoms with Crippen LogP contribution in [0.25, 0.3) is 11.0 Å². The maximum atomic E-state index is 12.5. The van der Waals surface area contributed by atoms with Gasteiger partial charge in [-0.05, 0) is 38.3 Å². The van der Waals surface area contributed by atoms with E-state index in [4.69, 9.17) is 9.51 Å². The van der Waals surface area contributed by atoms with Gasteiger partial charge in [0.25, 0.3) is 0 Å². The van der Waals surface area contributed by atoms with Crippen molar-refractivity contribution in [3.63, 3.8) is 0 Å². The highest BCUT2D eigenvalue weighted by atomic mass is 32.2. The second-order valence-electron chi connectivity index (χ2n) is 6.79. The molecule has 1 amide bonds. The molecule has 2 heterocycles. The molecule has 2 aromatic heterocycles. The summed E-state index contributed by atoms with van der Waals surface area (Å²) in [6.45, 7) is 8.97. The summed E-state index contributed by atoms with van der Waals surface area (Å²) in [6.07, 6.45) is 1.06. The fourth-order valence-corrected chi connectivity index (χ4v) is 3.56. The Balaban J connectivity index is 1.78. The van der Waals surface area contributed by atoms with Gasteiger partial charge in [-0.3, -0.25) is 4.79 Å². The molecule has 0 bridgehead atoms. The van der Waals surface area contributed by atoms with Gasteiger partial charge in [-0.25, -0.2) is 4.98 Å². The molecular formula is C19H24N4O2S. The number of hydrogen-bond acceptors (Lipinski definition) is 5. The Morgan fingerprint density at radius 1 is 1.31 bits per heavy atom. The molecule has 0 saturated carbocycles. The number of aryl methyl sites for hydroxylation is 2. The molecule has 1 N–H and O–H groups in total. The molecule has 0 radical (unpaired) electrons. The van der Waals surface area contributed by atoms with Crippen LogP contribution in [-0.2, 0) is 11.3 Å². The number of thioether (sulfide) groups is 1. The van der Waals surface area contributed by atoms with Crippen molar-refractivity contribution in [2.75, 3.05) is 5.32 Å². The third-order valence-electron chi connectivity index (χ3n) is 4.08. The van der Waals surface area contributed by atoms with Crippen molar-refractivity contribution in [1.82, 2.24) is 14.7 Å². The largest absolute Gasteiger partial charge is 0.360 e. The highest BCUT2D eigenvalue weighted by Gasteiger charge is 2.20. The van der Waals surface area contributed by atoms with Crippen molar-refractivity contribution in [2.24, 2.45) is 5.92 Å². The minimum absolute atomic E-state index is 0.120. The van der Waals surface area contributed by atoms with Gasteiger partial charge < -0.3 is 14.4 Å². The summed E-state index contributed by atoms with van der Waals surface area (Å²) in [4.78, 5) is 17.2. The average molecular weight is 372 g/mol. The number of para-hydroxylation sites is 2. The van der Waals surface area contributed by atoms with E-state index in [1.807, 2.05) is 25.1 Å². The van der Waals surface area contributed by atoms with Crippen molar-refractivity contribution in [2.45, 2.75) is 51.1 Å². The van der Waals surface area contributed by atoms with E-state index in [0.717, 1.165) is 29.2 Å². The highest BCUT2D eigenvalue weighted by molar-refractivity contribution is 8.00. The van der Waals surface area contributed by atoms with Crippen LogP contribution in [0.2, 0.25) is 0 Å². The summed E-state index contributed by atoms with van der Waals surface area (Å²) in [5, 5.41) is 7.16. The van der Waals surface area contributed by atoms with Gasteiger partial charge in [0.15, 0.2) is 11.0 Å². The Morgan fingerprint density at radius 2 is 2.08 bits per heavy atom. The smallest absolute Gasteiger partial charge is 0.238 e. The second-order valence-corrected chi connectivity index (χ2v) is 8.10. The molecule has 0 saturated heterocycles. The standard InChI is InChI=1S/C19H24N4O2S/c1-12(2)9-10-23-16-8-6-5-7-15(16)20-19(23)26-14(4)18(24)21-17-11-13(3)25-22-17/h5-8,11-12,14H,9-10H2,1-4H3,(H,21,22,24)/t14-/m0/s1. The molecule has 0 spiro atoms. The lowest BCUT2D eigenvalue weighted by Gasteiger charge is -2.13. The summed E-state index contributed by atoms with van der Waals surface area (Å²) in [5.41, 5.74) is 2.06. The predicted octanol–water partition coefficient (Wildman–Crippen LogP) is 4.50. The fraction of sp³-hybridized carbons (Fsp3) is 0.421. The van der Waals surface area contributed by atoms with Crippen LogP contribution in [-0.4, -0.2) is 25.9 Å². The molecule has 0 aliphatic carbocycles. The van der Waals surface area contributed by atoms with Crippen LogP contribution in [0.4, 0.5) is 5.82 Å². The maximum Gasteiger partial charge on any atom is 0.238 e. The first-order valence-electron chi connectivity index (χ1n) is 8.80. The Morgan fingerprint density at radius 3 is 2.77 bits per heavy atom. The Labute approximate surface area is 157 Å². The second kappa shape index (κ2) is 7.95. The van der Waals surface area contributed by atoms with Crippen LogP contribution >= 0.6 is 11.8 Å². The summed E-state index contributed by atoms with van der Waals surface area (Å²) >= 11 is 1.46. The van der Waals surface area contributed by atoms with Crippen LogP contribution in [0.5, 0.6) is 0 Å². The monoisotopic (exact) mass is 372 g/mol. The molecule has 138 valence electrons. The number of amides is 1. The quantitative estimate of drug-likeness (QED) is 0.618. The van der Waals surface area contributed by atoms with E-state index in [-0.39, 0.29) is 11.2 Å². The van der Waals surface area contributed by atoms with E-state index in [9.17, 15) is 4.79 Å². The zero-order chi connectivity index (χ0) is 18.7. The Hall–Kier alpha value is -2.28. The van der Waals surface area contributed by atoms with Crippen LogP contribution in [0.15, 0.2) is 40.0 Å². The lowest BCUT2D eigenvalue weighted by molar-refractivity contribution is -0.115. The zero-order valence-electron chi connectivity index (χ0n) is 15.5. The number of fused-ring (bicyclic) bond motifs is 1. The number of hydrogen-bond donors (Lipinski definition) is 1. The van der Waals surface area contributed by atoms with Gasteiger partial charge in [0.1, 0.15) is 5.76 Å². The number of rotatable bonds is 7. The number of carbonyl (C=O) groups is 1. The van der Waals surface area contributed by atoms with E-state index < -0.39 is 0 Å². The molecule has 6 nitrogen and oxygen atoms in total. The topological polar surface area (TPSA) is 73.0 Å². The number of benzene rings is 1. The Bertz CT molecular complexity index is 900. The van der Waals surface area contributed by atoms with Gasteiger partial charge in [0.05, 0.1) is 16.3 Å². The number of aromatic nitrogens is 3. The molecule has 1 aromatic carbocycles.